The molecule has 0 N–H and O–H groups in total. The van der Waals surface area contributed by atoms with Crippen LogP contribution in [0.15, 0.2) is 97.1 Å². The van der Waals surface area contributed by atoms with Crippen molar-refractivity contribution in [2.75, 3.05) is 0 Å². The second-order valence-corrected chi connectivity index (χ2v) is 13.5. The van der Waals surface area contributed by atoms with Gasteiger partial charge < -0.3 is 0 Å². The molecular formula is C41H52BCl. The fourth-order valence-corrected chi connectivity index (χ4v) is 7.36. The largest absolute Gasteiger partial charge is 0.146 e. The number of hydrogen-bond donors (Lipinski definition) is 0. The standard InChI is InChI=1S/C17H25B.C16H18.C8H9Cl/c1-2-7-15(8-3-1)13-14-18-16-9-4-5-10-17(18)12-6-11-16;1-13-8-9-14(2)16(12-13)11-10-15-6-4-3-5-7-15;1-6-3-4-7(2)8(9)5-6/h1-3,7-8,16-17H,4-6,9-14H2;3-9,12H,10-11H2,1-2H3;3-5H,1-2H3. The lowest BCUT2D eigenvalue weighted by atomic mass is 9.28. The van der Waals surface area contributed by atoms with Crippen LogP contribution < -0.4 is 0 Å². The van der Waals surface area contributed by atoms with Gasteiger partial charge in [0.25, 0.3) is 0 Å². The van der Waals surface area contributed by atoms with Crippen LogP contribution in [0.5, 0.6) is 0 Å². The molecule has 0 spiro atoms. The maximum absolute atomic E-state index is 5.81. The van der Waals surface area contributed by atoms with Crippen molar-refractivity contribution in [2.45, 2.75) is 110 Å². The summed E-state index contributed by atoms with van der Waals surface area (Å²) in [7, 11) is 0. The Balaban J connectivity index is 0.000000156. The van der Waals surface area contributed by atoms with Crippen molar-refractivity contribution in [1.29, 1.82) is 0 Å². The van der Waals surface area contributed by atoms with Gasteiger partial charge in [0.2, 0.25) is 0 Å². The van der Waals surface area contributed by atoms with Gasteiger partial charge in [-0.15, -0.1) is 0 Å². The number of benzene rings is 4. The zero-order valence-electron chi connectivity index (χ0n) is 27.1. The lowest BCUT2D eigenvalue weighted by Gasteiger charge is -2.34. The second kappa shape index (κ2) is 17.5. The van der Waals surface area contributed by atoms with Crippen molar-refractivity contribution in [3.63, 3.8) is 0 Å². The van der Waals surface area contributed by atoms with Crippen molar-refractivity contribution in [1.82, 2.24) is 0 Å². The molecule has 2 heterocycles. The molecule has 226 valence electrons. The van der Waals surface area contributed by atoms with Gasteiger partial charge in [0.15, 0.2) is 0 Å². The van der Waals surface area contributed by atoms with Crippen molar-refractivity contribution in [3.8, 4) is 0 Å². The minimum atomic E-state index is 0.856. The highest BCUT2D eigenvalue weighted by Gasteiger charge is 2.36. The average molecular weight is 591 g/mol. The van der Waals surface area contributed by atoms with Crippen LogP contribution in [0.1, 0.15) is 83.9 Å². The molecule has 2 aliphatic rings. The fraction of sp³-hybridized carbons (Fsp3) is 0.415. The Bertz CT molecular complexity index is 1350. The number of hydrogen-bond acceptors (Lipinski definition) is 0. The predicted octanol–water partition coefficient (Wildman–Crippen LogP) is 12.3. The van der Waals surface area contributed by atoms with Crippen molar-refractivity contribution in [3.05, 3.63) is 141 Å². The zero-order valence-corrected chi connectivity index (χ0v) is 27.9. The van der Waals surface area contributed by atoms with Crippen LogP contribution in [0.2, 0.25) is 23.0 Å². The molecule has 4 aromatic rings. The summed E-state index contributed by atoms with van der Waals surface area (Å²) in [5.74, 6) is 2.13. The van der Waals surface area contributed by atoms with Gasteiger partial charge in [0.1, 0.15) is 6.71 Å². The van der Waals surface area contributed by atoms with Gasteiger partial charge in [-0.25, -0.2) is 0 Å². The van der Waals surface area contributed by atoms with Gasteiger partial charge in [-0.05, 0) is 86.4 Å². The van der Waals surface area contributed by atoms with Gasteiger partial charge in [-0.1, -0.05) is 171 Å². The highest BCUT2D eigenvalue weighted by Crippen LogP contribution is 2.46. The summed E-state index contributed by atoms with van der Waals surface area (Å²) in [4.78, 5) is 0. The molecule has 2 aliphatic heterocycles. The molecule has 2 unspecified atom stereocenters. The molecule has 2 fully saturated rings. The molecule has 2 bridgehead atoms. The monoisotopic (exact) mass is 590 g/mol. The lowest BCUT2D eigenvalue weighted by Crippen LogP contribution is -2.30. The summed E-state index contributed by atoms with van der Waals surface area (Å²) in [6.45, 7) is 9.43. The Labute approximate surface area is 268 Å². The van der Waals surface area contributed by atoms with Crippen LogP contribution in [0.25, 0.3) is 0 Å². The molecule has 2 saturated heterocycles. The van der Waals surface area contributed by atoms with E-state index in [-0.39, 0.29) is 0 Å². The summed E-state index contributed by atoms with van der Waals surface area (Å²) in [5, 5.41) is 0.856. The van der Waals surface area contributed by atoms with E-state index in [1.165, 1.54) is 85.5 Å². The van der Waals surface area contributed by atoms with E-state index in [0.29, 0.717) is 0 Å². The minimum Gasteiger partial charge on any atom is -0.0840 e. The van der Waals surface area contributed by atoms with Crippen LogP contribution in [0, 0.1) is 27.7 Å². The summed E-state index contributed by atoms with van der Waals surface area (Å²) in [5.41, 5.74) is 9.55. The van der Waals surface area contributed by atoms with Gasteiger partial charge in [-0.3, -0.25) is 0 Å². The van der Waals surface area contributed by atoms with E-state index in [9.17, 15) is 0 Å². The minimum absolute atomic E-state index is 0.856. The van der Waals surface area contributed by atoms with E-state index >= 15 is 0 Å². The molecule has 0 aromatic heterocycles. The van der Waals surface area contributed by atoms with E-state index in [1.807, 2.05) is 26.0 Å². The van der Waals surface area contributed by atoms with Crippen LogP contribution in [0.4, 0.5) is 0 Å². The quantitative estimate of drug-likeness (QED) is 0.196. The highest BCUT2D eigenvalue weighted by molar-refractivity contribution is 6.62. The summed E-state index contributed by atoms with van der Waals surface area (Å²) in [6, 6.07) is 34.5. The number of aryl methyl sites for hydroxylation is 7. The number of rotatable bonds is 6. The molecule has 4 aromatic carbocycles. The van der Waals surface area contributed by atoms with Crippen molar-refractivity contribution in [2.24, 2.45) is 0 Å². The topological polar surface area (TPSA) is 0 Å². The molecule has 0 nitrogen and oxygen atoms in total. The first kappa shape index (κ1) is 33.1. The van der Waals surface area contributed by atoms with Gasteiger partial charge in [-0.2, -0.15) is 0 Å². The van der Waals surface area contributed by atoms with E-state index in [4.69, 9.17) is 11.6 Å². The molecule has 0 amide bonds. The average Bonchev–Trinajstić information content (AvgIpc) is 3.13. The summed E-state index contributed by atoms with van der Waals surface area (Å²) >= 11 is 5.81. The highest BCUT2D eigenvalue weighted by atomic mass is 35.5. The Hall–Kier alpha value is -2.77. The van der Waals surface area contributed by atoms with E-state index in [2.05, 4.69) is 98.8 Å². The summed E-state index contributed by atoms with van der Waals surface area (Å²) in [6.07, 6.45) is 15.6. The van der Waals surface area contributed by atoms with Crippen molar-refractivity contribution >= 4 is 18.3 Å². The Kier molecular flexibility index (Phi) is 13.5. The molecule has 0 saturated carbocycles. The Morgan fingerprint density at radius 2 is 1.07 bits per heavy atom. The Morgan fingerprint density at radius 3 is 1.63 bits per heavy atom. The third-order valence-corrected chi connectivity index (χ3v) is 10.1. The van der Waals surface area contributed by atoms with Crippen LogP contribution in [-0.4, -0.2) is 6.71 Å². The van der Waals surface area contributed by atoms with E-state index in [1.54, 1.807) is 5.56 Å². The van der Waals surface area contributed by atoms with Crippen LogP contribution in [0.3, 0.4) is 0 Å². The van der Waals surface area contributed by atoms with Gasteiger partial charge in [0, 0.05) is 5.02 Å². The Morgan fingerprint density at radius 1 is 0.558 bits per heavy atom. The van der Waals surface area contributed by atoms with E-state index in [0.717, 1.165) is 41.8 Å². The van der Waals surface area contributed by atoms with Gasteiger partial charge >= 0.3 is 0 Å². The zero-order chi connectivity index (χ0) is 30.4. The maximum Gasteiger partial charge on any atom is 0.146 e. The molecule has 43 heavy (non-hydrogen) atoms. The third-order valence-electron chi connectivity index (χ3n) is 9.73. The van der Waals surface area contributed by atoms with Gasteiger partial charge in [0.05, 0.1) is 0 Å². The fourth-order valence-electron chi connectivity index (χ4n) is 7.13. The normalized spacial score (nSPS) is 17.6. The first-order chi connectivity index (χ1) is 20.9. The first-order valence-electron chi connectivity index (χ1n) is 16.8. The number of fused-ring (bicyclic) bond motifs is 2. The summed E-state index contributed by atoms with van der Waals surface area (Å²) < 4.78 is 0. The molecule has 2 heteroatoms. The van der Waals surface area contributed by atoms with Crippen LogP contribution >= 0.6 is 11.6 Å². The third kappa shape index (κ3) is 11.0. The SMILES string of the molecule is Cc1ccc(C)c(CCc2ccccc2)c1.Cc1ccc(C)c(Cl)c1.c1ccc(CCB2C3CCCCC2CCC3)cc1. The molecule has 6 rings (SSSR count). The molecule has 0 radical (unpaired) electrons. The molecular weight excluding hydrogens is 539 g/mol. The van der Waals surface area contributed by atoms with E-state index < -0.39 is 0 Å². The predicted molar refractivity (Wildman–Crippen MR) is 191 cm³/mol. The molecule has 2 atom stereocenters. The second-order valence-electron chi connectivity index (χ2n) is 13.1. The lowest BCUT2D eigenvalue weighted by molar-refractivity contribution is 0.553. The smallest absolute Gasteiger partial charge is 0.0840 e. The molecule has 0 aliphatic carbocycles. The first-order valence-corrected chi connectivity index (χ1v) is 17.1. The van der Waals surface area contributed by atoms with Crippen molar-refractivity contribution < 1.29 is 0 Å². The maximum atomic E-state index is 5.81. The van der Waals surface area contributed by atoms with Crippen LogP contribution in [-0.2, 0) is 19.3 Å². The number of halogens is 1.